The number of hydrogen-bond acceptors (Lipinski definition) is 0. The number of unbranched alkanes of at least 4 members (excludes halogenated alkanes) is 13. The van der Waals surface area contributed by atoms with E-state index in [1.54, 1.807) is 0 Å². The summed E-state index contributed by atoms with van der Waals surface area (Å²) in [4.78, 5) is 0. The summed E-state index contributed by atoms with van der Waals surface area (Å²) in [5.74, 6) is 0. The molecule has 0 aromatic rings. The van der Waals surface area contributed by atoms with Crippen molar-refractivity contribution in [2.45, 2.75) is 135 Å². The van der Waals surface area contributed by atoms with Crippen LogP contribution in [0.15, 0.2) is 0 Å². The van der Waals surface area contributed by atoms with Crippen molar-refractivity contribution in [3.05, 3.63) is 0 Å². The third kappa shape index (κ3) is 28.7. The Hall–Kier alpha value is 0.440. The second-order valence-electron chi connectivity index (χ2n) is 9.73. The molecular formula is C25H54BrN. The van der Waals surface area contributed by atoms with Gasteiger partial charge in [0, 0.05) is 0 Å². The van der Waals surface area contributed by atoms with Crippen LogP contribution in [0.4, 0.5) is 0 Å². The lowest BCUT2D eigenvalue weighted by Gasteiger charge is -2.23. The second-order valence-corrected chi connectivity index (χ2v) is 9.73. The summed E-state index contributed by atoms with van der Waals surface area (Å²) in [6, 6.07) is 0. The molecule has 0 atom stereocenters. The highest BCUT2D eigenvalue weighted by atomic mass is 79.9. The third-order valence-electron chi connectivity index (χ3n) is 5.68. The van der Waals surface area contributed by atoms with E-state index in [1.165, 1.54) is 135 Å². The Morgan fingerprint density at radius 1 is 0.444 bits per heavy atom. The summed E-state index contributed by atoms with van der Waals surface area (Å²) in [6.45, 7) is 3.63. The maximum Gasteiger partial charge on any atom is 0.0780 e. The first kappa shape index (κ1) is 29.6. The van der Waals surface area contributed by atoms with Crippen LogP contribution in [-0.4, -0.2) is 32.2 Å². The molecule has 2 heteroatoms. The molecule has 0 radical (unpaired) electrons. The lowest BCUT2D eigenvalue weighted by atomic mass is 10.0. The Balaban J connectivity index is 0. The molecule has 0 saturated heterocycles. The van der Waals surface area contributed by atoms with Gasteiger partial charge in [-0.15, -0.1) is 0 Å². The van der Waals surface area contributed by atoms with E-state index in [0.717, 1.165) is 4.48 Å². The van der Waals surface area contributed by atoms with E-state index in [4.69, 9.17) is 0 Å². The minimum absolute atomic E-state index is 0. The highest BCUT2D eigenvalue weighted by molar-refractivity contribution is 4.51. The number of quaternary nitrogens is 1. The van der Waals surface area contributed by atoms with Gasteiger partial charge in [0.2, 0.25) is 0 Å². The first-order valence-corrected chi connectivity index (χ1v) is 12.4. The van der Waals surface area contributed by atoms with E-state index in [9.17, 15) is 0 Å². The van der Waals surface area contributed by atoms with E-state index >= 15 is 0 Å². The second kappa shape index (κ2) is 22.7. The molecule has 1 rings (SSSR count). The van der Waals surface area contributed by atoms with Gasteiger partial charge in [-0.1, -0.05) is 122 Å². The van der Waals surface area contributed by atoms with Gasteiger partial charge in [0.05, 0.1) is 27.7 Å². The monoisotopic (exact) mass is 447 g/mol. The molecule has 0 aromatic heterocycles. The van der Waals surface area contributed by atoms with Crippen molar-refractivity contribution in [3.8, 4) is 0 Å². The molecule has 27 heavy (non-hydrogen) atoms. The average Bonchev–Trinajstić information content (AvgIpc) is 2.63. The predicted molar refractivity (Wildman–Crippen MR) is 121 cm³/mol. The summed E-state index contributed by atoms with van der Waals surface area (Å²) in [6.07, 6.45) is 29.4. The first-order chi connectivity index (χ1) is 12.6. The number of rotatable bonds is 15. The molecule has 166 valence electrons. The molecule has 0 unspecified atom stereocenters. The molecule has 0 aliphatic heterocycles. The largest absolute Gasteiger partial charge is 1.00 e. The van der Waals surface area contributed by atoms with E-state index in [1.807, 2.05) is 0 Å². The molecule has 0 heterocycles. The SMILES string of the molecule is C1CCCCC1.CCCCCCCCCCCCCCCC[N+](C)(C)C.[Br-]. The van der Waals surface area contributed by atoms with Crippen LogP contribution in [0.2, 0.25) is 0 Å². The lowest BCUT2D eigenvalue weighted by molar-refractivity contribution is -0.870. The van der Waals surface area contributed by atoms with Gasteiger partial charge < -0.3 is 21.5 Å². The first-order valence-electron chi connectivity index (χ1n) is 12.4. The molecule has 0 N–H and O–H groups in total. The molecule has 1 saturated carbocycles. The van der Waals surface area contributed by atoms with Crippen LogP contribution in [0.3, 0.4) is 0 Å². The maximum absolute atomic E-state index is 2.29. The van der Waals surface area contributed by atoms with Gasteiger partial charge in [0.1, 0.15) is 0 Å². The van der Waals surface area contributed by atoms with Crippen molar-refractivity contribution >= 4 is 0 Å². The Morgan fingerprint density at radius 3 is 0.963 bits per heavy atom. The highest BCUT2D eigenvalue weighted by Crippen LogP contribution is 2.15. The van der Waals surface area contributed by atoms with Gasteiger partial charge in [0.15, 0.2) is 0 Å². The molecule has 1 aliphatic carbocycles. The average molecular weight is 449 g/mol. The van der Waals surface area contributed by atoms with E-state index in [-0.39, 0.29) is 17.0 Å². The van der Waals surface area contributed by atoms with Crippen molar-refractivity contribution in [3.63, 3.8) is 0 Å². The van der Waals surface area contributed by atoms with Crippen LogP contribution in [0, 0.1) is 0 Å². The maximum atomic E-state index is 2.29. The van der Waals surface area contributed by atoms with Crippen molar-refractivity contribution in [1.29, 1.82) is 0 Å². The van der Waals surface area contributed by atoms with Crippen LogP contribution in [0.25, 0.3) is 0 Å². The Labute approximate surface area is 184 Å². The Bertz CT molecular complexity index is 244. The molecule has 0 amide bonds. The number of hydrogen-bond donors (Lipinski definition) is 0. The molecule has 1 nitrogen and oxygen atoms in total. The molecule has 1 aliphatic rings. The van der Waals surface area contributed by atoms with E-state index < -0.39 is 0 Å². The van der Waals surface area contributed by atoms with E-state index in [0.29, 0.717) is 0 Å². The highest BCUT2D eigenvalue weighted by Gasteiger charge is 2.04. The standard InChI is InChI=1S/C19H42N.C6H12.BrH/c1-5-6-7-8-9-10-11-12-13-14-15-16-17-18-19-20(2,3)4;1-2-4-6-5-3-1;/h5-19H2,1-4H3;1-6H2;1H/q+1;;/p-1. The number of halogens is 1. The number of nitrogens with zero attached hydrogens (tertiary/aromatic N) is 1. The van der Waals surface area contributed by atoms with Gasteiger partial charge in [0.25, 0.3) is 0 Å². The summed E-state index contributed by atoms with van der Waals surface area (Å²) in [5.41, 5.74) is 0. The topological polar surface area (TPSA) is 0 Å². The normalized spacial score (nSPS) is 14.2. The van der Waals surface area contributed by atoms with Crippen LogP contribution >= 0.6 is 0 Å². The van der Waals surface area contributed by atoms with Crippen molar-refractivity contribution < 1.29 is 21.5 Å². The summed E-state index contributed by atoms with van der Waals surface area (Å²) < 4.78 is 1.12. The minimum atomic E-state index is 0. The van der Waals surface area contributed by atoms with Gasteiger partial charge >= 0.3 is 0 Å². The van der Waals surface area contributed by atoms with Gasteiger partial charge in [-0.2, -0.15) is 0 Å². The fourth-order valence-electron chi connectivity index (χ4n) is 3.84. The zero-order chi connectivity index (χ0) is 19.3. The summed E-state index contributed by atoms with van der Waals surface area (Å²) in [5, 5.41) is 0. The molecular weight excluding hydrogens is 394 g/mol. The van der Waals surface area contributed by atoms with Crippen molar-refractivity contribution in [1.82, 2.24) is 0 Å². The lowest BCUT2D eigenvalue weighted by Crippen LogP contribution is -3.00. The summed E-state index contributed by atoms with van der Waals surface area (Å²) in [7, 11) is 6.88. The summed E-state index contributed by atoms with van der Waals surface area (Å²) >= 11 is 0. The van der Waals surface area contributed by atoms with Crippen LogP contribution < -0.4 is 17.0 Å². The van der Waals surface area contributed by atoms with Crippen molar-refractivity contribution in [2.75, 3.05) is 27.7 Å². The smallest absolute Gasteiger partial charge is 0.0780 e. The molecule has 0 spiro atoms. The molecule has 0 bridgehead atoms. The zero-order valence-electron chi connectivity index (χ0n) is 19.7. The van der Waals surface area contributed by atoms with Crippen LogP contribution in [0.1, 0.15) is 135 Å². The van der Waals surface area contributed by atoms with Crippen LogP contribution in [0.5, 0.6) is 0 Å². The minimum Gasteiger partial charge on any atom is -1.00 e. The van der Waals surface area contributed by atoms with E-state index in [2.05, 4.69) is 28.1 Å². The van der Waals surface area contributed by atoms with Gasteiger partial charge in [-0.3, -0.25) is 0 Å². The third-order valence-corrected chi connectivity index (χ3v) is 5.68. The fourth-order valence-corrected chi connectivity index (χ4v) is 3.84. The Morgan fingerprint density at radius 2 is 0.704 bits per heavy atom. The Kier molecular flexibility index (Phi) is 24.9. The molecule has 0 aromatic carbocycles. The predicted octanol–water partition coefficient (Wildman–Crippen LogP) is 5.52. The quantitative estimate of drug-likeness (QED) is 0.229. The van der Waals surface area contributed by atoms with Gasteiger partial charge in [-0.05, 0) is 12.8 Å². The zero-order valence-corrected chi connectivity index (χ0v) is 21.3. The van der Waals surface area contributed by atoms with Crippen LogP contribution in [-0.2, 0) is 0 Å². The van der Waals surface area contributed by atoms with Crippen molar-refractivity contribution in [2.24, 2.45) is 0 Å². The fraction of sp³-hybridized carbons (Fsp3) is 1.00. The van der Waals surface area contributed by atoms with Gasteiger partial charge in [-0.25, -0.2) is 0 Å². The molecule has 1 fully saturated rings.